The highest BCUT2D eigenvalue weighted by Gasteiger charge is 2.11. The van der Waals surface area contributed by atoms with E-state index in [0.29, 0.717) is 18.5 Å². The van der Waals surface area contributed by atoms with Crippen LogP contribution in [0.5, 0.6) is 0 Å². The van der Waals surface area contributed by atoms with Gasteiger partial charge in [0.05, 0.1) is 11.9 Å². The Kier molecular flexibility index (Phi) is 5.07. The first kappa shape index (κ1) is 14.8. The Balaban J connectivity index is 1.95. The molecule has 0 atom stereocenters. The van der Waals surface area contributed by atoms with E-state index in [9.17, 15) is 9.18 Å². The van der Waals surface area contributed by atoms with E-state index < -0.39 is 11.7 Å². The molecule has 0 saturated carbocycles. The number of aromatic nitrogens is 2. The van der Waals surface area contributed by atoms with Crippen molar-refractivity contribution in [3.63, 3.8) is 0 Å². The number of rotatable bonds is 4. The summed E-state index contributed by atoms with van der Waals surface area (Å²) in [5.74, 6) is 3.88. The van der Waals surface area contributed by atoms with Gasteiger partial charge >= 0.3 is 0 Å². The van der Waals surface area contributed by atoms with Crippen LogP contribution in [-0.4, -0.2) is 34.1 Å². The molecule has 0 spiro atoms. The Morgan fingerprint density at radius 2 is 2.33 bits per heavy atom. The van der Waals surface area contributed by atoms with E-state index in [1.807, 2.05) is 0 Å². The number of nitrogens with zero attached hydrogens (tertiary/aromatic N) is 1. The van der Waals surface area contributed by atoms with Gasteiger partial charge in [-0.05, 0) is 18.2 Å². The summed E-state index contributed by atoms with van der Waals surface area (Å²) in [6, 6.07) is 4.09. The van der Waals surface area contributed by atoms with E-state index in [0.717, 1.165) is 5.69 Å². The number of hydrogen-bond donors (Lipinski definition) is 3. The number of halogens is 1. The van der Waals surface area contributed by atoms with Crippen LogP contribution in [0.3, 0.4) is 0 Å². The maximum absolute atomic E-state index is 13.8. The third kappa shape index (κ3) is 4.16. The predicted octanol–water partition coefficient (Wildman–Crippen LogP) is 0.865. The molecule has 0 saturated heterocycles. The molecule has 2 rings (SSSR count). The van der Waals surface area contributed by atoms with E-state index in [1.54, 1.807) is 12.5 Å². The fourth-order valence-electron chi connectivity index (χ4n) is 1.75. The molecular weight excluding hydrogens is 273 g/mol. The Morgan fingerprint density at radius 1 is 1.48 bits per heavy atom. The molecule has 1 amide bonds. The van der Waals surface area contributed by atoms with Crippen LogP contribution in [0.1, 0.15) is 21.6 Å². The third-order valence-electron chi connectivity index (χ3n) is 2.76. The van der Waals surface area contributed by atoms with Crippen molar-refractivity contribution in [2.45, 2.75) is 6.42 Å². The maximum Gasteiger partial charge on any atom is 0.254 e. The molecule has 1 heterocycles. The number of aliphatic hydroxyl groups excluding tert-OH is 1. The second kappa shape index (κ2) is 7.22. The molecule has 6 heteroatoms. The number of hydrogen-bond acceptors (Lipinski definition) is 3. The van der Waals surface area contributed by atoms with Crippen molar-refractivity contribution in [3.05, 3.63) is 53.4 Å². The SMILES string of the molecule is O=C(NCCc1cnc[nH]1)c1ccc(C#CCO)cc1F. The minimum Gasteiger partial charge on any atom is -0.384 e. The van der Waals surface area contributed by atoms with E-state index in [2.05, 4.69) is 27.1 Å². The van der Waals surface area contributed by atoms with Gasteiger partial charge < -0.3 is 15.4 Å². The molecule has 0 bridgehead atoms. The van der Waals surface area contributed by atoms with Crippen LogP contribution in [0.15, 0.2) is 30.7 Å². The lowest BCUT2D eigenvalue weighted by molar-refractivity contribution is 0.0950. The smallest absolute Gasteiger partial charge is 0.254 e. The van der Waals surface area contributed by atoms with E-state index in [1.165, 1.54) is 18.2 Å². The Hall–Kier alpha value is -2.65. The lowest BCUT2D eigenvalue weighted by Gasteiger charge is -2.05. The molecule has 2 aromatic rings. The van der Waals surface area contributed by atoms with Gasteiger partial charge in [-0.15, -0.1) is 0 Å². The zero-order valence-corrected chi connectivity index (χ0v) is 11.2. The molecule has 3 N–H and O–H groups in total. The average Bonchev–Trinajstić information content (AvgIpc) is 2.98. The van der Waals surface area contributed by atoms with Crippen molar-refractivity contribution in [2.75, 3.05) is 13.2 Å². The first-order chi connectivity index (χ1) is 10.2. The number of amides is 1. The van der Waals surface area contributed by atoms with Gasteiger partial charge in [0.1, 0.15) is 12.4 Å². The summed E-state index contributed by atoms with van der Waals surface area (Å²) in [6.07, 6.45) is 3.82. The van der Waals surface area contributed by atoms with Crippen molar-refractivity contribution in [1.29, 1.82) is 0 Å². The second-order valence-electron chi connectivity index (χ2n) is 4.24. The number of nitrogens with one attached hydrogen (secondary N) is 2. The Labute approximate surface area is 121 Å². The molecule has 0 aliphatic rings. The summed E-state index contributed by atoms with van der Waals surface area (Å²) < 4.78 is 13.8. The summed E-state index contributed by atoms with van der Waals surface area (Å²) >= 11 is 0. The summed E-state index contributed by atoms with van der Waals surface area (Å²) in [7, 11) is 0. The number of imidazole rings is 1. The summed E-state index contributed by atoms with van der Waals surface area (Å²) in [5.41, 5.74) is 1.27. The molecule has 0 radical (unpaired) electrons. The maximum atomic E-state index is 13.8. The molecule has 21 heavy (non-hydrogen) atoms. The fraction of sp³-hybridized carbons (Fsp3) is 0.200. The van der Waals surface area contributed by atoms with Crippen LogP contribution in [0.25, 0.3) is 0 Å². The van der Waals surface area contributed by atoms with Crippen LogP contribution >= 0.6 is 0 Å². The quantitative estimate of drug-likeness (QED) is 0.730. The fourth-order valence-corrected chi connectivity index (χ4v) is 1.75. The highest BCUT2D eigenvalue weighted by molar-refractivity contribution is 5.94. The predicted molar refractivity (Wildman–Crippen MR) is 75.0 cm³/mol. The van der Waals surface area contributed by atoms with Crippen molar-refractivity contribution in [1.82, 2.24) is 15.3 Å². The van der Waals surface area contributed by atoms with E-state index >= 15 is 0 Å². The molecular formula is C15H14FN3O2. The van der Waals surface area contributed by atoms with Gasteiger partial charge in [0, 0.05) is 30.4 Å². The van der Waals surface area contributed by atoms with Gasteiger partial charge in [0.2, 0.25) is 0 Å². The first-order valence-corrected chi connectivity index (χ1v) is 6.35. The highest BCUT2D eigenvalue weighted by Crippen LogP contribution is 2.10. The number of aliphatic hydroxyl groups is 1. The molecule has 0 aliphatic carbocycles. The van der Waals surface area contributed by atoms with Gasteiger partial charge in [-0.3, -0.25) is 4.79 Å². The second-order valence-corrected chi connectivity index (χ2v) is 4.24. The normalized spacial score (nSPS) is 9.81. The van der Waals surface area contributed by atoms with E-state index in [4.69, 9.17) is 5.11 Å². The van der Waals surface area contributed by atoms with Gasteiger partial charge in [0.15, 0.2) is 0 Å². The zero-order chi connectivity index (χ0) is 15.1. The third-order valence-corrected chi connectivity index (χ3v) is 2.76. The zero-order valence-electron chi connectivity index (χ0n) is 11.2. The molecule has 0 unspecified atom stereocenters. The van der Waals surface area contributed by atoms with Crippen LogP contribution in [-0.2, 0) is 6.42 Å². The average molecular weight is 287 g/mol. The number of aromatic amines is 1. The standard InChI is InChI=1S/C15H14FN3O2/c16-14-8-11(2-1-7-20)3-4-13(14)15(21)18-6-5-12-9-17-10-19-12/h3-4,8-10,20H,5-7H2,(H,17,19)(H,18,21). The number of carbonyl (C=O) groups excluding carboxylic acids is 1. The van der Waals surface area contributed by atoms with Crippen molar-refractivity contribution < 1.29 is 14.3 Å². The molecule has 1 aromatic heterocycles. The van der Waals surface area contributed by atoms with Crippen LogP contribution in [0, 0.1) is 17.7 Å². The van der Waals surface area contributed by atoms with Gasteiger partial charge in [-0.1, -0.05) is 11.8 Å². The van der Waals surface area contributed by atoms with Gasteiger partial charge in [0.25, 0.3) is 5.91 Å². The lowest BCUT2D eigenvalue weighted by atomic mass is 10.1. The van der Waals surface area contributed by atoms with Gasteiger partial charge in [-0.25, -0.2) is 9.37 Å². The van der Waals surface area contributed by atoms with Crippen molar-refractivity contribution in [3.8, 4) is 11.8 Å². The monoisotopic (exact) mass is 287 g/mol. The first-order valence-electron chi connectivity index (χ1n) is 6.35. The van der Waals surface area contributed by atoms with Crippen molar-refractivity contribution >= 4 is 5.91 Å². The Bertz CT molecular complexity index is 672. The lowest BCUT2D eigenvalue weighted by Crippen LogP contribution is -2.26. The molecule has 5 nitrogen and oxygen atoms in total. The summed E-state index contributed by atoms with van der Waals surface area (Å²) in [4.78, 5) is 18.7. The summed E-state index contributed by atoms with van der Waals surface area (Å²) in [5, 5.41) is 11.2. The van der Waals surface area contributed by atoms with Crippen LogP contribution < -0.4 is 5.32 Å². The van der Waals surface area contributed by atoms with E-state index in [-0.39, 0.29) is 12.2 Å². The van der Waals surface area contributed by atoms with Crippen LogP contribution in [0.4, 0.5) is 4.39 Å². The minimum atomic E-state index is -0.640. The number of benzene rings is 1. The number of carbonyl (C=O) groups is 1. The molecule has 0 fully saturated rings. The summed E-state index contributed by atoms with van der Waals surface area (Å²) in [6.45, 7) is 0.0873. The topological polar surface area (TPSA) is 78.0 Å². The molecule has 0 aliphatic heterocycles. The van der Waals surface area contributed by atoms with Gasteiger partial charge in [-0.2, -0.15) is 0 Å². The minimum absolute atomic E-state index is 0.0332. The molecule has 108 valence electrons. The van der Waals surface area contributed by atoms with Crippen molar-refractivity contribution in [2.24, 2.45) is 0 Å². The van der Waals surface area contributed by atoms with Crippen LogP contribution in [0.2, 0.25) is 0 Å². The largest absolute Gasteiger partial charge is 0.384 e. The highest BCUT2D eigenvalue weighted by atomic mass is 19.1. The number of H-pyrrole nitrogens is 1. The Morgan fingerprint density at radius 3 is 3.00 bits per heavy atom. The molecule has 1 aromatic carbocycles.